The molecule has 0 unspecified atom stereocenters. The first-order chi connectivity index (χ1) is 12.1. The molecule has 0 aromatic rings. The molecule has 0 saturated carbocycles. The molecule has 0 radical (unpaired) electrons. The van der Waals surface area contributed by atoms with Gasteiger partial charge < -0.3 is 46.6 Å². The van der Waals surface area contributed by atoms with Gasteiger partial charge in [-0.2, -0.15) is 0 Å². The van der Waals surface area contributed by atoms with Crippen LogP contribution in [0.2, 0.25) is 0 Å². The molecule has 0 amide bonds. The van der Waals surface area contributed by atoms with E-state index in [0.29, 0.717) is 13.1 Å². The number of nitrogens with one attached hydrogen (secondary N) is 1. The molecule has 170 valence electrons. The second-order valence-corrected chi connectivity index (χ2v) is 3.92. The van der Waals surface area contributed by atoms with Gasteiger partial charge in [-0.15, -0.1) is 0 Å². The maximum atomic E-state index is 9.00. The summed E-state index contributed by atoms with van der Waals surface area (Å²) in [5.41, 5.74) is 10.3. The first-order valence-electron chi connectivity index (χ1n) is 7.16. The van der Waals surface area contributed by atoms with E-state index in [1.807, 2.05) is 0 Å². The average molecular weight is 475 g/mol. The molecule has 0 aromatic carbocycles. The van der Waals surface area contributed by atoms with Crippen LogP contribution in [0.5, 0.6) is 0 Å². The van der Waals surface area contributed by atoms with Crippen LogP contribution in [0.4, 0.5) is 0 Å². The first-order valence-corrected chi connectivity index (χ1v) is 7.16. The van der Waals surface area contributed by atoms with Crippen LogP contribution in [0.15, 0.2) is 0 Å². The van der Waals surface area contributed by atoms with E-state index in [1.165, 1.54) is 0 Å². The van der Waals surface area contributed by atoms with Crippen LogP contribution in [0.1, 0.15) is 38.9 Å². The quantitative estimate of drug-likeness (QED) is 0.139. The topological polar surface area (TPSA) is 251 Å². The van der Waals surface area contributed by atoms with Crippen molar-refractivity contribution in [3.63, 3.8) is 0 Å². The van der Waals surface area contributed by atoms with Crippen LogP contribution in [0.3, 0.4) is 0 Å². The molecule has 13 nitrogen and oxygen atoms in total. The number of carboxylic acid groups (broad SMARTS) is 5. The van der Waals surface area contributed by atoms with Crippen LogP contribution in [0, 0.1) is 0 Å². The summed E-state index contributed by atoms with van der Waals surface area (Å²) in [6.45, 7) is 8.55. The van der Waals surface area contributed by atoms with Crippen LogP contribution in [-0.2, 0) is 24.0 Å². The van der Waals surface area contributed by atoms with E-state index >= 15 is 0 Å². The molecule has 0 aliphatic rings. The molecule has 0 heterocycles. The van der Waals surface area contributed by atoms with Gasteiger partial charge in [0, 0.05) is 60.8 Å². The van der Waals surface area contributed by atoms with Crippen molar-refractivity contribution in [1.82, 2.24) is 5.32 Å². The molecule has 0 aliphatic carbocycles. The Morgan fingerprint density at radius 2 is 0.667 bits per heavy atom. The zero-order valence-electron chi connectivity index (χ0n) is 22.3. The van der Waals surface area contributed by atoms with Gasteiger partial charge in [0.15, 0.2) is 0 Å². The smallest absolute Gasteiger partial charge is 1.00 e. The number of carboxylic acids is 5. The van der Waals surface area contributed by atoms with E-state index in [1.54, 1.807) is 0 Å². The summed E-state index contributed by atoms with van der Waals surface area (Å²) >= 11 is 0. The number of aliphatic carboxylic acids is 5. The molecule has 0 spiro atoms. The predicted octanol–water partition coefficient (Wildman–Crippen LogP) is -9.70. The maximum Gasteiger partial charge on any atom is 1.00 e. The second kappa shape index (κ2) is 56.9. The van der Waals surface area contributed by atoms with E-state index in [9.17, 15) is 0 Å². The number of hydrogen-bond acceptors (Lipinski definition) is 8. The summed E-state index contributed by atoms with van der Waals surface area (Å²) in [6.07, 6.45) is 0. The Bertz CT molecular complexity index is 311. The minimum Gasteiger partial charge on any atom is -1.00 e. The van der Waals surface area contributed by atoms with Gasteiger partial charge in [-0.05, 0) is 0 Å². The largest absolute Gasteiger partial charge is 1.00 e. The zero-order chi connectivity index (χ0) is 23.4. The van der Waals surface area contributed by atoms with Gasteiger partial charge in [-0.1, -0.05) is 0 Å². The first kappa shape index (κ1) is 57.3. The van der Waals surface area contributed by atoms with Gasteiger partial charge in [0.2, 0.25) is 0 Å². The van der Waals surface area contributed by atoms with Gasteiger partial charge >= 0.3 is 88.7 Å². The van der Waals surface area contributed by atoms with Gasteiger partial charge in [0.25, 0.3) is 29.8 Å². The second-order valence-electron chi connectivity index (χ2n) is 3.92. The summed E-state index contributed by atoms with van der Waals surface area (Å²) in [6, 6.07) is 0. The maximum absolute atomic E-state index is 9.00. The molecule has 0 fully saturated rings. The molecule has 0 rings (SSSR count). The predicted molar refractivity (Wildman–Crippen MR) is 101 cm³/mol. The molecule has 0 aromatic heterocycles. The molecule has 10 N–H and O–H groups in total. The number of hydrogen-bond donors (Lipinski definition) is 8. The third kappa shape index (κ3) is 1170. The van der Waals surface area contributed by atoms with Crippen molar-refractivity contribution in [2.75, 3.05) is 26.2 Å². The van der Waals surface area contributed by atoms with Gasteiger partial charge in [-0.25, -0.2) is 0 Å². The van der Waals surface area contributed by atoms with E-state index < -0.39 is 29.8 Å². The minimum atomic E-state index is -0.833. The van der Waals surface area contributed by atoms with Crippen molar-refractivity contribution in [2.24, 2.45) is 11.5 Å². The van der Waals surface area contributed by atoms with Crippen molar-refractivity contribution in [3.8, 4) is 0 Å². The Hall–Kier alpha value is 0.230. The number of nitrogens with two attached hydrogens (primary N) is 2. The third-order valence-corrected chi connectivity index (χ3v) is 0.642. The van der Waals surface area contributed by atoms with E-state index in [4.69, 9.17) is 61.0 Å². The van der Waals surface area contributed by atoms with Crippen LogP contribution < -0.4 is 105 Å². The summed E-state index contributed by atoms with van der Waals surface area (Å²) in [4.78, 5) is 45.0. The Morgan fingerprint density at radius 3 is 0.733 bits per heavy atom. The van der Waals surface area contributed by atoms with E-state index in [0.717, 1.165) is 47.7 Å². The van der Waals surface area contributed by atoms with Gasteiger partial charge in [-0.3, -0.25) is 24.0 Å². The fraction of sp³-hybridized carbons (Fsp3) is 0.643. The minimum absolute atomic E-state index is 0. The van der Waals surface area contributed by atoms with Gasteiger partial charge in [0.05, 0.1) is 0 Å². The Balaban J connectivity index is -0.0000000157. The monoisotopic (exact) mass is 475 g/mol. The van der Waals surface area contributed by atoms with Crippen molar-refractivity contribution >= 4 is 29.8 Å². The van der Waals surface area contributed by atoms with E-state index in [2.05, 4.69) is 5.32 Å². The molecule has 0 atom stereocenters. The Morgan fingerprint density at radius 1 is 0.567 bits per heavy atom. The standard InChI is InChI=1S/C4H13N3.5C2H4O2.3Na.3H/c5-1-3-7-4-2-6;5*1-2(3)4;;;;;;/h7H,1-6H2;5*1H3,(H,3,4);;;;;;/q;;;;;;3*+1;3*-1. The van der Waals surface area contributed by atoms with Crippen LogP contribution >= 0.6 is 0 Å². The van der Waals surface area contributed by atoms with Crippen molar-refractivity contribution in [2.45, 2.75) is 34.6 Å². The zero-order valence-corrected chi connectivity index (χ0v) is 25.3. The summed E-state index contributed by atoms with van der Waals surface area (Å²) in [7, 11) is 0. The summed E-state index contributed by atoms with van der Waals surface area (Å²) in [5.74, 6) is -4.17. The average Bonchev–Trinajstić information content (AvgIpc) is 2.35. The molecule has 0 bridgehead atoms. The molecule has 0 aliphatic heterocycles. The third-order valence-electron chi connectivity index (χ3n) is 0.642. The van der Waals surface area contributed by atoms with Crippen LogP contribution in [-0.4, -0.2) is 81.6 Å². The molecule has 16 heteroatoms. The molecule has 30 heavy (non-hydrogen) atoms. The van der Waals surface area contributed by atoms with Crippen LogP contribution in [0.25, 0.3) is 0 Å². The van der Waals surface area contributed by atoms with Gasteiger partial charge in [0.1, 0.15) is 0 Å². The SMILES string of the molecule is CC(=O)O.CC(=O)O.CC(=O)O.CC(=O)O.CC(=O)O.NCCNCCN.[H-].[H-].[H-].[Na+].[Na+].[Na+]. The van der Waals surface area contributed by atoms with E-state index in [-0.39, 0.29) is 93.0 Å². The number of carbonyl (C=O) groups is 5. The Labute approximate surface area is 247 Å². The molecular weight excluding hydrogens is 439 g/mol. The van der Waals surface area contributed by atoms with Crippen molar-refractivity contribution in [1.29, 1.82) is 0 Å². The normalized spacial score (nSPS) is 6.37. The summed E-state index contributed by atoms with van der Waals surface area (Å²) < 4.78 is 0. The Kier molecular flexibility index (Phi) is 109. The fourth-order valence-corrected chi connectivity index (χ4v) is 0.329. The summed E-state index contributed by atoms with van der Waals surface area (Å²) in [5, 5.41) is 40.1. The number of rotatable bonds is 4. The molecular formula is C14H36N3Na3O10. The van der Waals surface area contributed by atoms with Crippen molar-refractivity contribution < 1.29 is 142 Å². The fourth-order valence-electron chi connectivity index (χ4n) is 0.329. The molecule has 0 saturated heterocycles. The van der Waals surface area contributed by atoms with Crippen molar-refractivity contribution in [3.05, 3.63) is 0 Å².